The highest BCUT2D eigenvalue weighted by Gasteiger charge is 2.28. The van der Waals surface area contributed by atoms with E-state index in [0.29, 0.717) is 23.5 Å². The van der Waals surface area contributed by atoms with Gasteiger partial charge in [0.05, 0.1) is 31.0 Å². The number of carbonyl (C=O) groups excluding carboxylic acids is 2. The number of allylic oxidation sites excluding steroid dienone is 1. The lowest BCUT2D eigenvalue weighted by Gasteiger charge is -2.14. The first kappa shape index (κ1) is 23.9. The lowest BCUT2D eigenvalue weighted by atomic mass is 10.0. The Labute approximate surface area is 210 Å². The number of hydrogen-bond acceptors (Lipinski definition) is 6. The van der Waals surface area contributed by atoms with Crippen molar-refractivity contribution in [1.29, 1.82) is 0 Å². The van der Waals surface area contributed by atoms with Gasteiger partial charge < -0.3 is 19.5 Å². The quantitative estimate of drug-likeness (QED) is 0.476. The number of nitrogens with zero attached hydrogens (tertiary/aromatic N) is 1. The zero-order chi connectivity index (χ0) is 25.1. The highest BCUT2D eigenvalue weighted by atomic mass is 16.5. The van der Waals surface area contributed by atoms with Crippen molar-refractivity contribution < 1.29 is 23.8 Å². The number of pyridine rings is 1. The summed E-state index contributed by atoms with van der Waals surface area (Å²) in [6, 6.07) is 13.5. The van der Waals surface area contributed by atoms with Crippen molar-refractivity contribution in [2.75, 3.05) is 20.8 Å². The molecule has 1 amide bonds. The molecule has 1 fully saturated rings. The van der Waals surface area contributed by atoms with Crippen LogP contribution in [-0.4, -0.2) is 43.7 Å². The molecular weight excluding hydrogens is 456 g/mol. The van der Waals surface area contributed by atoms with Gasteiger partial charge in [0, 0.05) is 11.4 Å². The third-order valence-electron chi connectivity index (χ3n) is 6.95. The van der Waals surface area contributed by atoms with E-state index in [0.717, 1.165) is 65.4 Å². The Morgan fingerprint density at radius 3 is 2.58 bits per heavy atom. The van der Waals surface area contributed by atoms with Crippen LogP contribution in [0.3, 0.4) is 0 Å². The van der Waals surface area contributed by atoms with Crippen molar-refractivity contribution in [3.05, 3.63) is 64.8 Å². The van der Waals surface area contributed by atoms with E-state index < -0.39 is 5.97 Å². The number of carbonyl (C=O) groups is 2. The van der Waals surface area contributed by atoms with Crippen LogP contribution in [0.5, 0.6) is 11.5 Å². The number of ether oxygens (including phenoxy) is 3. The van der Waals surface area contributed by atoms with Crippen molar-refractivity contribution >= 4 is 34.4 Å². The van der Waals surface area contributed by atoms with Gasteiger partial charge in [0.15, 0.2) is 18.1 Å². The number of para-hydroxylation sites is 1. The van der Waals surface area contributed by atoms with Crippen molar-refractivity contribution in [2.45, 2.75) is 44.6 Å². The number of benzene rings is 2. The Bertz CT molecular complexity index is 1340. The molecule has 7 heteroatoms. The molecule has 0 radical (unpaired) electrons. The van der Waals surface area contributed by atoms with Crippen LogP contribution in [0, 0.1) is 0 Å². The maximum Gasteiger partial charge on any atom is 0.339 e. The van der Waals surface area contributed by atoms with Gasteiger partial charge >= 0.3 is 5.97 Å². The Morgan fingerprint density at radius 2 is 1.81 bits per heavy atom. The van der Waals surface area contributed by atoms with Crippen LogP contribution >= 0.6 is 0 Å². The zero-order valence-electron chi connectivity index (χ0n) is 20.6. The van der Waals surface area contributed by atoms with Crippen LogP contribution in [-0.2, 0) is 16.0 Å². The fourth-order valence-corrected chi connectivity index (χ4v) is 5.20. The molecule has 2 aliphatic carbocycles. The number of esters is 1. The van der Waals surface area contributed by atoms with Gasteiger partial charge in [-0.2, -0.15) is 0 Å². The third kappa shape index (κ3) is 4.78. The number of aromatic nitrogens is 1. The summed E-state index contributed by atoms with van der Waals surface area (Å²) in [5.41, 5.74) is 4.88. The summed E-state index contributed by atoms with van der Waals surface area (Å²) in [5, 5.41) is 3.71. The van der Waals surface area contributed by atoms with Crippen LogP contribution in [0.1, 0.15) is 59.3 Å². The largest absolute Gasteiger partial charge is 0.493 e. The lowest BCUT2D eigenvalue weighted by Crippen LogP contribution is -2.36. The molecular formula is C29H30N2O5. The normalized spacial score (nSPS) is 16.2. The van der Waals surface area contributed by atoms with Gasteiger partial charge in [-0.05, 0) is 66.7 Å². The van der Waals surface area contributed by atoms with Crippen molar-refractivity contribution in [3.8, 4) is 11.5 Å². The molecule has 3 aromatic rings. The van der Waals surface area contributed by atoms with Gasteiger partial charge in [0.1, 0.15) is 0 Å². The smallest absolute Gasteiger partial charge is 0.339 e. The average molecular weight is 487 g/mol. The van der Waals surface area contributed by atoms with Crippen LogP contribution in [0.15, 0.2) is 42.5 Å². The summed E-state index contributed by atoms with van der Waals surface area (Å²) >= 11 is 0. The van der Waals surface area contributed by atoms with Crippen molar-refractivity contribution in [1.82, 2.24) is 10.3 Å². The van der Waals surface area contributed by atoms with Gasteiger partial charge in [-0.15, -0.1) is 0 Å². The van der Waals surface area contributed by atoms with Crippen molar-refractivity contribution in [3.63, 3.8) is 0 Å². The van der Waals surface area contributed by atoms with E-state index in [4.69, 9.17) is 19.2 Å². The summed E-state index contributed by atoms with van der Waals surface area (Å²) in [7, 11) is 3.22. The maximum atomic E-state index is 13.3. The molecule has 0 bridgehead atoms. The molecule has 186 valence electrons. The van der Waals surface area contributed by atoms with E-state index >= 15 is 0 Å². The summed E-state index contributed by atoms with van der Waals surface area (Å²) in [6.45, 7) is -0.283. The molecule has 2 aromatic carbocycles. The highest BCUT2D eigenvalue weighted by molar-refractivity contribution is 6.07. The predicted octanol–water partition coefficient (Wildman–Crippen LogP) is 4.95. The Balaban J connectivity index is 1.45. The molecule has 1 saturated carbocycles. The summed E-state index contributed by atoms with van der Waals surface area (Å²) in [6.07, 6.45) is 7.70. The molecule has 2 aliphatic rings. The molecule has 7 nitrogen and oxygen atoms in total. The van der Waals surface area contributed by atoms with Gasteiger partial charge in [0.25, 0.3) is 5.91 Å². The Hall–Kier alpha value is -3.87. The summed E-state index contributed by atoms with van der Waals surface area (Å²) < 4.78 is 16.3. The number of amides is 1. The zero-order valence-corrected chi connectivity index (χ0v) is 20.6. The number of fused-ring (bicyclic) bond motifs is 2. The highest BCUT2D eigenvalue weighted by Crippen LogP contribution is 2.38. The van der Waals surface area contributed by atoms with Crippen LogP contribution in [0.25, 0.3) is 22.6 Å². The van der Waals surface area contributed by atoms with E-state index in [1.54, 1.807) is 14.2 Å². The van der Waals surface area contributed by atoms with E-state index in [1.807, 2.05) is 42.5 Å². The standard InChI is InChI=1S/C29H30N2O5/c1-34-24-14-11-18(16-25(24)35-2)15-19-12-13-22-27(21-9-5-6-10-23(21)31-28(19)22)29(33)36-17-26(32)30-20-7-3-4-8-20/h5-6,9-11,14-16,20H,3-4,7-8,12-13,17H2,1-2H3,(H,30,32)/b19-15+. The van der Waals surface area contributed by atoms with Gasteiger partial charge in [0.2, 0.25) is 0 Å². The van der Waals surface area contributed by atoms with E-state index in [2.05, 4.69) is 11.4 Å². The molecule has 5 rings (SSSR count). The van der Waals surface area contributed by atoms with E-state index in [1.165, 1.54) is 0 Å². The fraction of sp³-hybridized carbons (Fsp3) is 0.345. The van der Waals surface area contributed by atoms with Crippen molar-refractivity contribution in [2.24, 2.45) is 0 Å². The number of rotatable bonds is 7. The lowest BCUT2D eigenvalue weighted by molar-refractivity contribution is -0.124. The molecule has 1 N–H and O–H groups in total. The SMILES string of the molecule is COc1ccc(/C=C2\CCc3c2nc2ccccc2c3C(=O)OCC(=O)NC2CCCC2)cc1OC. The van der Waals surface area contributed by atoms with Gasteiger partial charge in [-0.1, -0.05) is 37.1 Å². The minimum Gasteiger partial charge on any atom is -0.493 e. The fourth-order valence-electron chi connectivity index (χ4n) is 5.20. The molecule has 1 aromatic heterocycles. The minimum atomic E-state index is -0.487. The number of methoxy groups -OCH3 is 2. The van der Waals surface area contributed by atoms with Crippen LogP contribution < -0.4 is 14.8 Å². The average Bonchev–Trinajstić information content (AvgIpc) is 3.55. The Kier molecular flexibility index (Phi) is 6.89. The third-order valence-corrected chi connectivity index (χ3v) is 6.95. The second-order valence-corrected chi connectivity index (χ2v) is 9.24. The van der Waals surface area contributed by atoms with Gasteiger partial charge in [-0.25, -0.2) is 9.78 Å². The van der Waals surface area contributed by atoms with E-state index in [9.17, 15) is 9.59 Å². The summed E-state index contributed by atoms with van der Waals surface area (Å²) in [4.78, 5) is 30.6. The second kappa shape index (κ2) is 10.4. The first-order chi connectivity index (χ1) is 17.6. The monoisotopic (exact) mass is 486 g/mol. The Morgan fingerprint density at radius 1 is 1.03 bits per heavy atom. The van der Waals surface area contributed by atoms with Crippen LogP contribution in [0.4, 0.5) is 0 Å². The molecule has 1 heterocycles. The second-order valence-electron chi connectivity index (χ2n) is 9.24. The molecule has 0 saturated heterocycles. The molecule has 0 spiro atoms. The minimum absolute atomic E-state index is 0.187. The topological polar surface area (TPSA) is 86.8 Å². The van der Waals surface area contributed by atoms with E-state index in [-0.39, 0.29) is 18.6 Å². The summed E-state index contributed by atoms with van der Waals surface area (Å²) in [5.74, 6) is 0.576. The first-order valence-corrected chi connectivity index (χ1v) is 12.4. The number of hydrogen-bond donors (Lipinski definition) is 1. The molecule has 0 atom stereocenters. The van der Waals surface area contributed by atoms with Crippen LogP contribution in [0.2, 0.25) is 0 Å². The molecule has 0 aliphatic heterocycles. The molecule has 0 unspecified atom stereocenters. The number of nitrogens with one attached hydrogen (secondary N) is 1. The molecule has 36 heavy (non-hydrogen) atoms. The first-order valence-electron chi connectivity index (χ1n) is 12.4. The predicted molar refractivity (Wildman–Crippen MR) is 138 cm³/mol. The maximum absolute atomic E-state index is 13.3. The van der Waals surface area contributed by atoms with Gasteiger partial charge in [-0.3, -0.25) is 4.79 Å².